The summed E-state index contributed by atoms with van der Waals surface area (Å²) in [6, 6.07) is 19.2. The molecule has 3 N–H and O–H groups in total. The maximum Gasteiger partial charge on any atom is 0.269 e. The van der Waals surface area contributed by atoms with Gasteiger partial charge in [-0.15, -0.1) is 0 Å². The maximum absolute atomic E-state index is 13.2. The summed E-state index contributed by atoms with van der Waals surface area (Å²) in [4.78, 5) is 23.6. The van der Waals surface area contributed by atoms with Gasteiger partial charge in [0, 0.05) is 23.5 Å². The largest absolute Gasteiger partial charge is 0.351 e. The van der Waals surface area contributed by atoms with E-state index < -0.39 is 11.0 Å². The number of carbonyl (C=O) groups excluding carboxylic acids is 1. The van der Waals surface area contributed by atoms with E-state index in [4.69, 9.17) is 12.2 Å². The molecule has 3 aromatic rings. The molecule has 7 nitrogen and oxygen atoms in total. The maximum atomic E-state index is 13.2. The van der Waals surface area contributed by atoms with Crippen LogP contribution in [0.5, 0.6) is 0 Å². The molecule has 0 saturated carbocycles. The number of nitro benzene ring substituents is 1. The van der Waals surface area contributed by atoms with Crippen molar-refractivity contribution in [3.05, 3.63) is 93.7 Å². The van der Waals surface area contributed by atoms with Crippen LogP contribution >= 0.6 is 12.2 Å². The summed E-state index contributed by atoms with van der Waals surface area (Å²) in [5.41, 5.74) is 2.51. The van der Waals surface area contributed by atoms with Crippen LogP contribution in [-0.4, -0.2) is 15.9 Å². The number of amides is 1. The number of rotatable bonds is 4. The Labute approximate surface area is 177 Å². The Morgan fingerprint density at radius 2 is 1.77 bits per heavy atom. The molecule has 3 aromatic carbocycles. The monoisotopic (exact) mass is 418 g/mol. The van der Waals surface area contributed by atoms with Crippen molar-refractivity contribution in [3.63, 3.8) is 0 Å². The first kappa shape index (κ1) is 19.5. The topological polar surface area (TPSA) is 96.3 Å². The highest BCUT2D eigenvalue weighted by atomic mass is 32.1. The highest BCUT2D eigenvalue weighted by Crippen LogP contribution is 2.32. The standard InChI is InChI=1S/C22H18N4O3S/c1-13-19(21(27)24-15-9-11-16(12-10-15)26(28)29)20(25-22(30)23-13)18-8-4-6-14-5-2-3-7-17(14)18/h2-12,20H,1H3,(H,24,27)(H2,23,25,30)/t20-/m1/s1. The zero-order chi connectivity index (χ0) is 21.3. The van der Waals surface area contributed by atoms with Crippen molar-refractivity contribution in [2.75, 3.05) is 5.32 Å². The quantitative estimate of drug-likeness (QED) is 0.334. The van der Waals surface area contributed by atoms with E-state index in [1.54, 1.807) is 6.92 Å². The van der Waals surface area contributed by atoms with Crippen LogP contribution in [0.1, 0.15) is 18.5 Å². The minimum Gasteiger partial charge on any atom is -0.351 e. The molecule has 1 amide bonds. The van der Waals surface area contributed by atoms with Crippen LogP contribution in [0, 0.1) is 10.1 Å². The van der Waals surface area contributed by atoms with Crippen LogP contribution in [0.25, 0.3) is 10.8 Å². The molecule has 4 rings (SSSR count). The Kier molecular flexibility index (Phi) is 5.16. The summed E-state index contributed by atoms with van der Waals surface area (Å²) in [5, 5.41) is 22.4. The number of benzene rings is 3. The third kappa shape index (κ3) is 3.72. The number of non-ortho nitro benzene ring substituents is 1. The average Bonchev–Trinajstić information content (AvgIpc) is 2.73. The van der Waals surface area contributed by atoms with Crippen LogP contribution < -0.4 is 16.0 Å². The molecule has 0 radical (unpaired) electrons. The van der Waals surface area contributed by atoms with E-state index in [9.17, 15) is 14.9 Å². The van der Waals surface area contributed by atoms with E-state index in [2.05, 4.69) is 16.0 Å². The fourth-order valence-corrected chi connectivity index (χ4v) is 3.87. The third-order valence-corrected chi connectivity index (χ3v) is 5.20. The number of hydrogen-bond acceptors (Lipinski definition) is 4. The predicted molar refractivity (Wildman–Crippen MR) is 120 cm³/mol. The van der Waals surface area contributed by atoms with E-state index >= 15 is 0 Å². The van der Waals surface area contributed by atoms with E-state index in [-0.39, 0.29) is 11.6 Å². The van der Waals surface area contributed by atoms with E-state index in [0.717, 1.165) is 16.3 Å². The number of anilines is 1. The number of carbonyl (C=O) groups is 1. The molecule has 0 aliphatic carbocycles. The molecule has 0 aromatic heterocycles. The van der Waals surface area contributed by atoms with Crippen LogP contribution in [0.15, 0.2) is 78.0 Å². The normalized spacial score (nSPS) is 16.0. The van der Waals surface area contributed by atoms with Gasteiger partial charge in [-0.25, -0.2) is 0 Å². The van der Waals surface area contributed by atoms with Gasteiger partial charge < -0.3 is 16.0 Å². The molecular formula is C22H18N4O3S. The van der Waals surface area contributed by atoms with Crippen molar-refractivity contribution in [2.45, 2.75) is 13.0 Å². The van der Waals surface area contributed by atoms with Crippen LogP contribution in [-0.2, 0) is 4.79 Å². The van der Waals surface area contributed by atoms with Gasteiger partial charge >= 0.3 is 0 Å². The minimum atomic E-state index is -0.481. The van der Waals surface area contributed by atoms with Crippen molar-refractivity contribution < 1.29 is 9.72 Å². The van der Waals surface area contributed by atoms with Gasteiger partial charge in [-0.1, -0.05) is 42.5 Å². The van der Waals surface area contributed by atoms with Crippen LogP contribution in [0.2, 0.25) is 0 Å². The van der Waals surface area contributed by atoms with Gasteiger partial charge in [0.05, 0.1) is 16.5 Å². The molecule has 30 heavy (non-hydrogen) atoms. The minimum absolute atomic E-state index is 0.0385. The second-order valence-electron chi connectivity index (χ2n) is 6.90. The lowest BCUT2D eigenvalue weighted by Crippen LogP contribution is -2.45. The number of nitrogens with one attached hydrogen (secondary N) is 3. The molecule has 0 bridgehead atoms. The summed E-state index contributed by atoms with van der Waals surface area (Å²) >= 11 is 5.34. The first-order chi connectivity index (χ1) is 14.4. The Bertz CT molecular complexity index is 1200. The summed E-state index contributed by atoms with van der Waals surface area (Å²) in [6.45, 7) is 1.80. The van der Waals surface area contributed by atoms with Gasteiger partial charge in [0.15, 0.2) is 5.11 Å². The third-order valence-electron chi connectivity index (χ3n) is 4.98. The van der Waals surface area contributed by atoms with Crippen LogP contribution in [0.3, 0.4) is 0 Å². The number of thiocarbonyl (C=S) groups is 1. The molecular weight excluding hydrogens is 400 g/mol. The summed E-state index contributed by atoms with van der Waals surface area (Å²) in [6.07, 6.45) is 0. The Morgan fingerprint density at radius 1 is 1.07 bits per heavy atom. The first-order valence-corrected chi connectivity index (χ1v) is 9.66. The zero-order valence-corrected chi connectivity index (χ0v) is 16.8. The van der Waals surface area contributed by atoms with Gasteiger partial charge in [-0.3, -0.25) is 14.9 Å². The lowest BCUT2D eigenvalue weighted by atomic mass is 9.91. The van der Waals surface area contributed by atoms with Crippen LogP contribution in [0.4, 0.5) is 11.4 Å². The molecule has 0 unspecified atom stereocenters. The molecule has 1 aliphatic heterocycles. The number of nitro groups is 1. The Balaban J connectivity index is 1.71. The van der Waals surface area contributed by atoms with Gasteiger partial charge in [-0.2, -0.15) is 0 Å². The van der Waals surface area contributed by atoms with Crippen molar-refractivity contribution in [3.8, 4) is 0 Å². The fourth-order valence-electron chi connectivity index (χ4n) is 3.60. The lowest BCUT2D eigenvalue weighted by Gasteiger charge is -2.31. The Hall–Kier alpha value is -3.78. The molecule has 150 valence electrons. The molecule has 1 heterocycles. The number of hydrogen-bond donors (Lipinski definition) is 3. The van der Waals surface area contributed by atoms with E-state index in [1.165, 1.54) is 24.3 Å². The zero-order valence-electron chi connectivity index (χ0n) is 16.0. The highest BCUT2D eigenvalue weighted by molar-refractivity contribution is 7.80. The SMILES string of the molecule is CC1=C(C(=O)Nc2ccc([N+](=O)[O-])cc2)[C@@H](c2cccc3ccccc23)NC(=S)N1. The van der Waals surface area contributed by atoms with E-state index in [1.807, 2.05) is 42.5 Å². The van der Waals surface area contributed by atoms with Crippen molar-refractivity contribution in [1.29, 1.82) is 0 Å². The molecule has 0 fully saturated rings. The van der Waals surface area contributed by atoms with E-state index in [0.29, 0.717) is 22.1 Å². The molecule has 8 heteroatoms. The first-order valence-electron chi connectivity index (χ1n) is 9.26. The molecule has 0 spiro atoms. The summed E-state index contributed by atoms with van der Waals surface area (Å²) < 4.78 is 0. The smallest absolute Gasteiger partial charge is 0.269 e. The van der Waals surface area contributed by atoms with Gasteiger partial charge in [0.25, 0.3) is 11.6 Å². The predicted octanol–water partition coefficient (Wildman–Crippen LogP) is 4.18. The van der Waals surface area contributed by atoms with Crippen molar-refractivity contribution >= 4 is 45.4 Å². The second-order valence-corrected chi connectivity index (χ2v) is 7.30. The average molecular weight is 418 g/mol. The lowest BCUT2D eigenvalue weighted by molar-refractivity contribution is -0.384. The van der Waals surface area contributed by atoms with Gasteiger partial charge in [-0.05, 0) is 47.6 Å². The molecule has 0 saturated heterocycles. The van der Waals surface area contributed by atoms with Crippen molar-refractivity contribution in [1.82, 2.24) is 10.6 Å². The number of fused-ring (bicyclic) bond motifs is 1. The van der Waals surface area contributed by atoms with Gasteiger partial charge in [0.2, 0.25) is 0 Å². The van der Waals surface area contributed by atoms with Gasteiger partial charge in [0.1, 0.15) is 0 Å². The van der Waals surface area contributed by atoms with Crippen molar-refractivity contribution in [2.24, 2.45) is 0 Å². The summed E-state index contributed by atoms with van der Waals surface area (Å²) in [5.74, 6) is -0.318. The second kappa shape index (κ2) is 7.92. The highest BCUT2D eigenvalue weighted by Gasteiger charge is 2.31. The Morgan fingerprint density at radius 3 is 2.50 bits per heavy atom. The number of allylic oxidation sites excluding steroid dienone is 1. The molecule has 1 aliphatic rings. The summed E-state index contributed by atoms with van der Waals surface area (Å²) in [7, 11) is 0. The fraction of sp³-hybridized carbons (Fsp3) is 0.0909. The molecule has 1 atom stereocenters. The number of nitrogens with zero attached hydrogens (tertiary/aromatic N) is 1.